The largest absolute Gasteiger partial charge is 0.454 e. The molecule has 1 saturated heterocycles. The Morgan fingerprint density at radius 3 is 1.36 bits per heavy atom. The Bertz CT molecular complexity index is 1440. The van der Waals surface area contributed by atoms with Crippen LogP contribution in [0.4, 0.5) is 0 Å². The molecule has 1 heterocycles. The molecular weight excluding hydrogens is 967 g/mol. The van der Waals surface area contributed by atoms with E-state index in [0.717, 1.165) is 83.5 Å². The molecule has 1 aliphatic rings. The van der Waals surface area contributed by atoms with Crippen LogP contribution in [-0.2, 0) is 23.8 Å². The zero-order chi connectivity index (χ0) is 56.1. The van der Waals surface area contributed by atoms with Gasteiger partial charge in [0.1, 0.15) is 24.4 Å². The Morgan fingerprint density at radius 2 is 0.896 bits per heavy atom. The van der Waals surface area contributed by atoms with Crippen molar-refractivity contribution in [3.8, 4) is 0 Å². The fourth-order valence-electron chi connectivity index (χ4n) is 10.1. The van der Waals surface area contributed by atoms with Crippen LogP contribution in [0.2, 0.25) is 0 Å². The minimum atomic E-state index is -1.61. The highest BCUT2D eigenvalue weighted by atomic mass is 16.7. The van der Waals surface area contributed by atoms with E-state index in [4.69, 9.17) is 14.2 Å². The van der Waals surface area contributed by atoms with Gasteiger partial charge in [-0.05, 0) is 64.2 Å². The Labute approximate surface area is 472 Å². The van der Waals surface area contributed by atoms with Gasteiger partial charge >= 0.3 is 5.97 Å². The Hall–Kier alpha value is -2.38. The average molecular weight is 1090 g/mol. The summed E-state index contributed by atoms with van der Waals surface area (Å²) in [6.45, 7) is 5.78. The van der Waals surface area contributed by atoms with Crippen molar-refractivity contribution < 1.29 is 49.3 Å². The van der Waals surface area contributed by atoms with Gasteiger partial charge < -0.3 is 45.1 Å². The lowest BCUT2D eigenvalue weighted by molar-refractivity contribution is -0.305. The molecule has 0 saturated carbocycles. The van der Waals surface area contributed by atoms with Gasteiger partial charge in [0.15, 0.2) is 12.4 Å². The second kappa shape index (κ2) is 54.2. The van der Waals surface area contributed by atoms with Crippen molar-refractivity contribution in [2.24, 2.45) is 0 Å². The molecule has 8 atom stereocenters. The van der Waals surface area contributed by atoms with Crippen molar-refractivity contribution in [3.05, 3.63) is 48.6 Å². The molecule has 0 aromatic heterocycles. The maximum absolute atomic E-state index is 13.4. The van der Waals surface area contributed by atoms with Gasteiger partial charge in [-0.15, -0.1) is 0 Å². The van der Waals surface area contributed by atoms with E-state index in [9.17, 15) is 35.1 Å². The molecule has 1 amide bonds. The lowest BCUT2D eigenvalue weighted by Gasteiger charge is -2.41. The molecule has 0 spiro atoms. The number of esters is 1. The Morgan fingerprint density at radius 1 is 0.506 bits per heavy atom. The van der Waals surface area contributed by atoms with E-state index in [1.807, 2.05) is 6.08 Å². The fraction of sp³-hybridized carbons (Fsp3) is 0.848. The number of aliphatic hydroxyl groups excluding tert-OH is 5. The van der Waals surface area contributed by atoms with E-state index in [1.165, 1.54) is 167 Å². The van der Waals surface area contributed by atoms with Gasteiger partial charge in [0.25, 0.3) is 0 Å². The summed E-state index contributed by atoms with van der Waals surface area (Å²) >= 11 is 0. The SMILES string of the molecule is CCCCC/C=C\C/C=C\C/C=C\CCCCCCCC(O)C(=O)NC(COC1OC(CO)C(O)C(O)C1OC(=O)CCCCCCCCCCCCCCCCCCC)C(O)/C=C/CCCCCCCCCCCCC. The highest BCUT2D eigenvalue weighted by Crippen LogP contribution is 2.26. The van der Waals surface area contributed by atoms with E-state index in [2.05, 4.69) is 62.5 Å². The number of nitrogens with one attached hydrogen (secondary N) is 1. The van der Waals surface area contributed by atoms with E-state index in [-0.39, 0.29) is 19.4 Å². The van der Waals surface area contributed by atoms with Gasteiger partial charge in [-0.1, -0.05) is 275 Å². The van der Waals surface area contributed by atoms with Crippen LogP contribution in [0.5, 0.6) is 0 Å². The van der Waals surface area contributed by atoms with E-state index in [0.29, 0.717) is 12.8 Å². The van der Waals surface area contributed by atoms with Gasteiger partial charge in [-0.25, -0.2) is 0 Å². The predicted octanol–water partition coefficient (Wildman–Crippen LogP) is 15.6. The number of carbonyl (C=O) groups is 2. The monoisotopic (exact) mass is 1090 g/mol. The van der Waals surface area contributed by atoms with E-state index < -0.39 is 67.4 Å². The third-order valence-electron chi connectivity index (χ3n) is 15.2. The Kier molecular flexibility index (Phi) is 51.1. The zero-order valence-electron chi connectivity index (χ0n) is 49.8. The summed E-state index contributed by atoms with van der Waals surface area (Å²) in [5.41, 5.74) is 0. The van der Waals surface area contributed by atoms with Crippen LogP contribution in [0.15, 0.2) is 48.6 Å². The fourth-order valence-corrected chi connectivity index (χ4v) is 10.1. The second-order valence-corrected chi connectivity index (χ2v) is 22.5. The number of unbranched alkanes of at least 4 members (excludes halogenated alkanes) is 35. The van der Waals surface area contributed by atoms with Gasteiger partial charge in [0.2, 0.25) is 5.91 Å². The summed E-state index contributed by atoms with van der Waals surface area (Å²) < 4.78 is 17.6. The van der Waals surface area contributed by atoms with Gasteiger partial charge in [0, 0.05) is 6.42 Å². The minimum Gasteiger partial charge on any atom is -0.454 e. The molecular formula is C66H121NO10. The molecule has 11 nitrogen and oxygen atoms in total. The molecule has 8 unspecified atom stereocenters. The van der Waals surface area contributed by atoms with Crippen LogP contribution < -0.4 is 5.32 Å². The molecule has 0 aliphatic carbocycles. The summed E-state index contributed by atoms with van der Waals surface area (Å²) in [5.74, 6) is -1.20. The molecule has 6 N–H and O–H groups in total. The molecule has 450 valence electrons. The minimum absolute atomic E-state index is 0.126. The van der Waals surface area contributed by atoms with Crippen LogP contribution >= 0.6 is 0 Å². The van der Waals surface area contributed by atoms with Crippen molar-refractivity contribution >= 4 is 11.9 Å². The first-order valence-electron chi connectivity index (χ1n) is 32.4. The molecule has 0 radical (unpaired) electrons. The standard InChI is InChI=1S/C66H121NO10/c1-4-7-10-13-16-19-22-25-27-29-31-32-35-38-41-44-47-50-53-59(70)65(74)67-57(58(69)52-49-46-43-40-37-34-24-21-18-15-12-9-6-3)56-75-66-64(63(73)62(72)60(55-68)76-66)77-61(71)54-51-48-45-42-39-36-33-30-28-26-23-20-17-14-11-8-5-2/h16,19,25,27,31-32,49,52,57-60,62-64,66,68-70,72-73H,4-15,17-18,20-24,26,28-30,33-48,50-51,53-56H2,1-3H3,(H,67,74)/b19-16-,27-25-,32-31-,52-49+. The van der Waals surface area contributed by atoms with Crippen LogP contribution in [0.1, 0.15) is 297 Å². The van der Waals surface area contributed by atoms with Crippen LogP contribution in [0.25, 0.3) is 0 Å². The smallest absolute Gasteiger partial charge is 0.306 e. The first kappa shape index (κ1) is 72.6. The summed E-state index contributed by atoms with van der Waals surface area (Å²) in [4.78, 5) is 26.6. The first-order chi connectivity index (χ1) is 37.7. The van der Waals surface area contributed by atoms with E-state index in [1.54, 1.807) is 6.08 Å². The number of carbonyl (C=O) groups excluding carboxylic acids is 2. The summed E-state index contributed by atoms with van der Waals surface area (Å²) in [6.07, 6.45) is 55.7. The van der Waals surface area contributed by atoms with Gasteiger partial charge in [0.05, 0.1) is 25.4 Å². The topological polar surface area (TPSA) is 175 Å². The van der Waals surface area contributed by atoms with Crippen molar-refractivity contribution in [2.45, 2.75) is 346 Å². The molecule has 0 bridgehead atoms. The quantitative estimate of drug-likeness (QED) is 0.0195. The molecule has 11 heteroatoms. The summed E-state index contributed by atoms with van der Waals surface area (Å²) in [7, 11) is 0. The van der Waals surface area contributed by atoms with Crippen molar-refractivity contribution in [1.29, 1.82) is 0 Å². The van der Waals surface area contributed by atoms with Crippen molar-refractivity contribution in [3.63, 3.8) is 0 Å². The third kappa shape index (κ3) is 42.2. The number of aliphatic hydroxyl groups is 5. The molecule has 1 fully saturated rings. The maximum atomic E-state index is 13.4. The van der Waals surface area contributed by atoms with Gasteiger partial charge in [-0.3, -0.25) is 9.59 Å². The Balaban J connectivity index is 2.68. The molecule has 1 aliphatic heterocycles. The highest BCUT2D eigenvalue weighted by Gasteiger charge is 2.47. The molecule has 77 heavy (non-hydrogen) atoms. The summed E-state index contributed by atoms with van der Waals surface area (Å²) in [6, 6.07) is -1.03. The third-order valence-corrected chi connectivity index (χ3v) is 15.2. The lowest BCUT2D eigenvalue weighted by atomic mass is 9.99. The van der Waals surface area contributed by atoms with Gasteiger partial charge in [-0.2, -0.15) is 0 Å². The molecule has 1 rings (SSSR count). The van der Waals surface area contributed by atoms with Crippen molar-refractivity contribution in [1.82, 2.24) is 5.32 Å². The first-order valence-corrected chi connectivity index (χ1v) is 32.4. The number of hydrogen-bond donors (Lipinski definition) is 6. The lowest BCUT2D eigenvalue weighted by Crippen LogP contribution is -2.61. The van der Waals surface area contributed by atoms with Crippen LogP contribution in [-0.4, -0.2) is 99.6 Å². The summed E-state index contributed by atoms with van der Waals surface area (Å²) in [5, 5.41) is 57.1. The number of allylic oxidation sites excluding steroid dienone is 7. The number of rotatable bonds is 55. The number of hydrogen-bond acceptors (Lipinski definition) is 10. The normalized spacial score (nSPS) is 19.3. The number of amides is 1. The van der Waals surface area contributed by atoms with Crippen molar-refractivity contribution in [2.75, 3.05) is 13.2 Å². The van der Waals surface area contributed by atoms with Crippen LogP contribution in [0.3, 0.4) is 0 Å². The molecule has 0 aromatic carbocycles. The average Bonchev–Trinajstić information content (AvgIpc) is 3.43. The predicted molar refractivity (Wildman–Crippen MR) is 320 cm³/mol. The zero-order valence-corrected chi connectivity index (χ0v) is 49.8. The highest BCUT2D eigenvalue weighted by molar-refractivity contribution is 5.80. The maximum Gasteiger partial charge on any atom is 0.306 e. The van der Waals surface area contributed by atoms with E-state index >= 15 is 0 Å². The molecule has 0 aromatic rings. The number of ether oxygens (including phenoxy) is 3. The second-order valence-electron chi connectivity index (χ2n) is 22.5. The van der Waals surface area contributed by atoms with Crippen LogP contribution in [0, 0.1) is 0 Å².